The Kier molecular flexibility index (Phi) is 4.37. The van der Waals surface area contributed by atoms with Crippen molar-refractivity contribution in [1.29, 1.82) is 0 Å². The van der Waals surface area contributed by atoms with Crippen LogP contribution in [0.4, 0.5) is 5.95 Å². The van der Waals surface area contributed by atoms with Gasteiger partial charge in [-0.25, -0.2) is 19.9 Å². The first-order valence-electron chi connectivity index (χ1n) is 9.61. The summed E-state index contributed by atoms with van der Waals surface area (Å²) in [5.41, 5.74) is 3.62. The quantitative estimate of drug-likeness (QED) is 0.801. The van der Waals surface area contributed by atoms with Crippen molar-refractivity contribution in [3.05, 3.63) is 35.4 Å². The third kappa shape index (κ3) is 3.12. The van der Waals surface area contributed by atoms with Crippen molar-refractivity contribution in [1.82, 2.24) is 24.8 Å². The summed E-state index contributed by atoms with van der Waals surface area (Å²) in [6.45, 7) is 4.10. The van der Waals surface area contributed by atoms with Gasteiger partial charge in [0.2, 0.25) is 5.95 Å². The largest absolute Gasteiger partial charge is 0.467 e. The Morgan fingerprint density at radius 1 is 1.11 bits per heavy atom. The summed E-state index contributed by atoms with van der Waals surface area (Å²) in [4.78, 5) is 22.9. The van der Waals surface area contributed by atoms with E-state index in [1.54, 1.807) is 7.11 Å². The van der Waals surface area contributed by atoms with Gasteiger partial charge < -0.3 is 14.4 Å². The smallest absolute Gasteiger partial charge is 0.316 e. The SMILES string of the molecule is COc1ncc(CN2C3CCC2c2cnc(N4CCOCC4)nc2C3)cn1. The number of fused-ring (bicyclic) bond motifs is 4. The molecule has 0 aromatic carbocycles. The van der Waals surface area contributed by atoms with E-state index in [9.17, 15) is 0 Å². The molecule has 2 unspecified atom stereocenters. The molecule has 5 rings (SSSR count). The fraction of sp³-hybridized carbons (Fsp3) is 0.579. The Morgan fingerprint density at radius 2 is 1.93 bits per heavy atom. The molecule has 8 nitrogen and oxygen atoms in total. The zero-order valence-electron chi connectivity index (χ0n) is 15.5. The third-order valence-electron chi connectivity index (χ3n) is 5.84. The maximum absolute atomic E-state index is 5.44. The van der Waals surface area contributed by atoms with Crippen LogP contribution in [0.1, 0.15) is 35.7 Å². The first kappa shape index (κ1) is 16.8. The van der Waals surface area contributed by atoms with Crippen LogP contribution in [-0.4, -0.2) is 64.3 Å². The highest BCUT2D eigenvalue weighted by molar-refractivity contribution is 5.37. The molecule has 0 radical (unpaired) electrons. The number of hydrogen-bond donors (Lipinski definition) is 0. The monoisotopic (exact) mass is 368 g/mol. The number of ether oxygens (including phenoxy) is 2. The van der Waals surface area contributed by atoms with Crippen LogP contribution in [-0.2, 0) is 17.7 Å². The molecule has 0 N–H and O–H groups in total. The van der Waals surface area contributed by atoms with Gasteiger partial charge in [-0.15, -0.1) is 0 Å². The second-order valence-electron chi connectivity index (χ2n) is 7.37. The number of hydrogen-bond acceptors (Lipinski definition) is 8. The highest BCUT2D eigenvalue weighted by atomic mass is 16.5. The predicted molar refractivity (Wildman–Crippen MR) is 98.7 cm³/mol. The Morgan fingerprint density at radius 3 is 2.70 bits per heavy atom. The van der Waals surface area contributed by atoms with Crippen LogP contribution in [0.15, 0.2) is 18.6 Å². The fourth-order valence-corrected chi connectivity index (χ4v) is 4.47. The minimum absolute atomic E-state index is 0.389. The van der Waals surface area contributed by atoms with Gasteiger partial charge in [0.05, 0.1) is 26.0 Å². The predicted octanol–water partition coefficient (Wildman–Crippen LogP) is 1.37. The van der Waals surface area contributed by atoms with Crippen LogP contribution in [0.25, 0.3) is 0 Å². The lowest BCUT2D eigenvalue weighted by Crippen LogP contribution is -2.40. The molecule has 8 heteroatoms. The Labute approximate surface area is 158 Å². The summed E-state index contributed by atoms with van der Waals surface area (Å²) < 4.78 is 10.5. The average molecular weight is 368 g/mol. The molecular weight excluding hydrogens is 344 g/mol. The number of methoxy groups -OCH3 is 1. The molecule has 142 valence electrons. The molecule has 3 aliphatic heterocycles. The van der Waals surface area contributed by atoms with E-state index in [0.29, 0.717) is 18.1 Å². The van der Waals surface area contributed by atoms with Gasteiger partial charge in [-0.2, -0.15) is 0 Å². The van der Waals surface area contributed by atoms with Gasteiger partial charge in [0.25, 0.3) is 0 Å². The third-order valence-corrected chi connectivity index (χ3v) is 5.84. The first-order chi connectivity index (χ1) is 13.3. The second kappa shape index (κ2) is 7.01. The molecule has 5 heterocycles. The number of nitrogens with zero attached hydrogens (tertiary/aromatic N) is 6. The molecule has 0 saturated carbocycles. The molecule has 2 saturated heterocycles. The van der Waals surface area contributed by atoms with E-state index in [1.165, 1.54) is 17.7 Å². The molecule has 0 aliphatic carbocycles. The van der Waals surface area contributed by atoms with Gasteiger partial charge in [-0.05, 0) is 12.8 Å². The van der Waals surface area contributed by atoms with Crippen molar-refractivity contribution < 1.29 is 9.47 Å². The standard InChI is InChI=1S/C19H24N6O2/c1-26-19-21-9-13(10-22-19)12-25-14-2-3-17(25)15-11-20-18(23-16(15)8-14)24-4-6-27-7-5-24/h9-11,14,17H,2-8,12H2,1H3. The van der Waals surface area contributed by atoms with E-state index < -0.39 is 0 Å². The summed E-state index contributed by atoms with van der Waals surface area (Å²) >= 11 is 0. The summed E-state index contributed by atoms with van der Waals surface area (Å²) in [5.74, 6) is 0.855. The van der Waals surface area contributed by atoms with Crippen LogP contribution < -0.4 is 9.64 Å². The maximum Gasteiger partial charge on any atom is 0.316 e. The van der Waals surface area contributed by atoms with Crippen molar-refractivity contribution in [3.63, 3.8) is 0 Å². The van der Waals surface area contributed by atoms with Crippen molar-refractivity contribution >= 4 is 5.95 Å². The number of morpholine rings is 1. The molecule has 2 aromatic rings. The number of aromatic nitrogens is 4. The maximum atomic E-state index is 5.44. The Bertz CT molecular complexity index is 808. The number of rotatable bonds is 4. The molecule has 3 aliphatic rings. The summed E-state index contributed by atoms with van der Waals surface area (Å²) in [6.07, 6.45) is 9.12. The second-order valence-corrected chi connectivity index (χ2v) is 7.37. The molecule has 0 amide bonds. The average Bonchev–Trinajstić information content (AvgIpc) is 3.00. The van der Waals surface area contributed by atoms with E-state index in [0.717, 1.165) is 57.2 Å². The van der Waals surface area contributed by atoms with Gasteiger partial charge in [-0.3, -0.25) is 4.90 Å². The van der Waals surface area contributed by atoms with E-state index in [2.05, 4.69) is 30.9 Å². The fourth-order valence-electron chi connectivity index (χ4n) is 4.47. The molecule has 27 heavy (non-hydrogen) atoms. The molecule has 2 aromatic heterocycles. The Hall–Kier alpha value is -2.32. The lowest BCUT2D eigenvalue weighted by Gasteiger charge is -2.36. The summed E-state index contributed by atoms with van der Waals surface area (Å²) in [7, 11) is 1.59. The van der Waals surface area contributed by atoms with Crippen molar-refractivity contribution in [2.24, 2.45) is 0 Å². The minimum atomic E-state index is 0.389. The normalized spacial score (nSPS) is 24.7. The minimum Gasteiger partial charge on any atom is -0.467 e. The molecule has 2 fully saturated rings. The highest BCUT2D eigenvalue weighted by Crippen LogP contribution is 2.43. The van der Waals surface area contributed by atoms with Gasteiger partial charge in [0.1, 0.15) is 0 Å². The molecule has 0 spiro atoms. The summed E-state index contributed by atoms with van der Waals surface area (Å²) in [6, 6.07) is 1.33. The lowest BCUT2D eigenvalue weighted by molar-refractivity contribution is 0.122. The van der Waals surface area contributed by atoms with E-state index in [1.807, 2.05) is 12.4 Å². The van der Waals surface area contributed by atoms with Crippen molar-refractivity contribution in [2.75, 3.05) is 38.3 Å². The van der Waals surface area contributed by atoms with E-state index in [4.69, 9.17) is 14.5 Å². The van der Waals surface area contributed by atoms with Crippen molar-refractivity contribution in [3.8, 4) is 6.01 Å². The lowest BCUT2D eigenvalue weighted by atomic mass is 9.99. The van der Waals surface area contributed by atoms with Crippen LogP contribution in [0.2, 0.25) is 0 Å². The molecular formula is C19H24N6O2. The van der Waals surface area contributed by atoms with Gasteiger partial charge >= 0.3 is 6.01 Å². The van der Waals surface area contributed by atoms with E-state index in [-0.39, 0.29) is 0 Å². The number of anilines is 1. The molecule has 2 atom stereocenters. The van der Waals surface area contributed by atoms with E-state index >= 15 is 0 Å². The van der Waals surface area contributed by atoms with Gasteiger partial charge in [0, 0.05) is 67.9 Å². The van der Waals surface area contributed by atoms with Gasteiger partial charge in [0.15, 0.2) is 0 Å². The summed E-state index contributed by atoms with van der Waals surface area (Å²) in [5, 5.41) is 0. The highest BCUT2D eigenvalue weighted by Gasteiger charge is 2.41. The van der Waals surface area contributed by atoms with Crippen molar-refractivity contribution in [2.45, 2.75) is 37.9 Å². The van der Waals surface area contributed by atoms with Crippen LogP contribution in [0.5, 0.6) is 6.01 Å². The van der Waals surface area contributed by atoms with Crippen LogP contribution in [0.3, 0.4) is 0 Å². The van der Waals surface area contributed by atoms with Crippen LogP contribution >= 0.6 is 0 Å². The molecule has 2 bridgehead atoms. The van der Waals surface area contributed by atoms with Crippen LogP contribution in [0, 0.1) is 0 Å². The van der Waals surface area contributed by atoms with Gasteiger partial charge in [-0.1, -0.05) is 0 Å². The Balaban J connectivity index is 1.36. The topological polar surface area (TPSA) is 76.5 Å². The first-order valence-corrected chi connectivity index (χ1v) is 9.61. The zero-order valence-corrected chi connectivity index (χ0v) is 15.5. The zero-order chi connectivity index (χ0) is 18.2.